The predicted molar refractivity (Wildman–Crippen MR) is 110 cm³/mol. The Morgan fingerprint density at radius 3 is 2.89 bits per heavy atom. The summed E-state index contributed by atoms with van der Waals surface area (Å²) in [6, 6.07) is 4.76. The minimum Gasteiger partial charge on any atom is -0.492 e. The van der Waals surface area contributed by atoms with Crippen LogP contribution in [-0.2, 0) is 20.7 Å². The average molecular weight is 453 g/mol. The van der Waals surface area contributed by atoms with E-state index in [9.17, 15) is 4.79 Å². The molecular formula is C21H29BrN2O4. The summed E-state index contributed by atoms with van der Waals surface area (Å²) >= 11 is 3.64. The molecule has 3 aliphatic rings. The van der Waals surface area contributed by atoms with Crippen LogP contribution in [0.2, 0.25) is 0 Å². The van der Waals surface area contributed by atoms with Crippen LogP contribution in [0.1, 0.15) is 42.9 Å². The Morgan fingerprint density at radius 1 is 1.32 bits per heavy atom. The highest BCUT2D eigenvalue weighted by molar-refractivity contribution is 9.10. The highest BCUT2D eigenvalue weighted by Crippen LogP contribution is 2.45. The van der Waals surface area contributed by atoms with Crippen molar-refractivity contribution >= 4 is 21.8 Å². The number of methoxy groups -OCH3 is 1. The zero-order valence-corrected chi connectivity index (χ0v) is 18.0. The molecule has 1 aromatic rings. The fraction of sp³-hybridized carbons (Fsp3) is 0.667. The Labute approximate surface area is 175 Å². The van der Waals surface area contributed by atoms with E-state index < -0.39 is 0 Å². The lowest BCUT2D eigenvalue weighted by molar-refractivity contribution is -0.148. The van der Waals surface area contributed by atoms with Gasteiger partial charge in [-0.3, -0.25) is 4.79 Å². The third kappa shape index (κ3) is 4.37. The fourth-order valence-corrected chi connectivity index (χ4v) is 4.71. The molecule has 0 unspecified atom stereocenters. The van der Waals surface area contributed by atoms with Crippen LogP contribution in [0, 0.1) is 0 Å². The zero-order chi connectivity index (χ0) is 19.5. The first-order valence-corrected chi connectivity index (χ1v) is 11.1. The molecule has 1 N–H and O–H groups in total. The van der Waals surface area contributed by atoms with E-state index in [2.05, 4.69) is 38.3 Å². The quantitative estimate of drug-likeness (QED) is 0.614. The largest absolute Gasteiger partial charge is 0.492 e. The summed E-state index contributed by atoms with van der Waals surface area (Å²) in [4.78, 5) is 15.4. The number of aryl methyl sites for hydroxylation is 1. The summed E-state index contributed by atoms with van der Waals surface area (Å²) in [7, 11) is 1.70. The number of rotatable bonds is 8. The normalized spacial score (nSPS) is 24.1. The summed E-state index contributed by atoms with van der Waals surface area (Å²) in [5.41, 5.74) is 2.54. The first-order chi connectivity index (χ1) is 13.7. The summed E-state index contributed by atoms with van der Waals surface area (Å²) in [6.45, 7) is 3.32. The van der Waals surface area contributed by atoms with E-state index in [1.165, 1.54) is 11.1 Å². The van der Waals surface area contributed by atoms with E-state index >= 15 is 0 Å². The molecule has 0 spiro atoms. The van der Waals surface area contributed by atoms with Gasteiger partial charge >= 0.3 is 0 Å². The zero-order valence-electron chi connectivity index (χ0n) is 16.4. The van der Waals surface area contributed by atoms with Gasteiger partial charge in [0, 0.05) is 39.3 Å². The molecule has 0 radical (unpaired) electrons. The van der Waals surface area contributed by atoms with Gasteiger partial charge in [-0.05, 0) is 64.9 Å². The van der Waals surface area contributed by atoms with Gasteiger partial charge < -0.3 is 24.4 Å². The molecule has 1 saturated heterocycles. The van der Waals surface area contributed by atoms with Gasteiger partial charge in [0.2, 0.25) is 0 Å². The molecule has 1 amide bonds. The maximum Gasteiger partial charge on any atom is 0.253 e. The van der Waals surface area contributed by atoms with Crippen molar-refractivity contribution in [2.24, 2.45) is 0 Å². The molecule has 4 rings (SSSR count). The van der Waals surface area contributed by atoms with Crippen molar-refractivity contribution in [3.05, 3.63) is 27.7 Å². The van der Waals surface area contributed by atoms with Crippen molar-refractivity contribution in [2.75, 3.05) is 40.0 Å². The van der Waals surface area contributed by atoms with Gasteiger partial charge in [0.15, 0.2) is 0 Å². The number of nitrogens with zero attached hydrogens (tertiary/aromatic N) is 1. The minimum atomic E-state index is -0.362. The lowest BCUT2D eigenvalue weighted by Crippen LogP contribution is -2.50. The molecular weight excluding hydrogens is 424 g/mol. The first-order valence-electron chi connectivity index (χ1n) is 10.3. The van der Waals surface area contributed by atoms with Crippen LogP contribution in [0.15, 0.2) is 16.6 Å². The highest BCUT2D eigenvalue weighted by Gasteiger charge is 2.43. The van der Waals surface area contributed by atoms with Gasteiger partial charge in [-0.25, -0.2) is 0 Å². The van der Waals surface area contributed by atoms with E-state index in [1.807, 2.05) is 0 Å². The second-order valence-electron chi connectivity index (χ2n) is 7.77. The molecule has 154 valence electrons. The summed E-state index contributed by atoms with van der Waals surface area (Å²) in [5.74, 6) is 0.985. The second kappa shape index (κ2) is 9.11. The van der Waals surface area contributed by atoms with Gasteiger partial charge in [-0.15, -0.1) is 0 Å². The third-order valence-corrected chi connectivity index (χ3v) is 6.34. The van der Waals surface area contributed by atoms with Gasteiger partial charge in [0.1, 0.15) is 11.9 Å². The fourth-order valence-electron chi connectivity index (χ4n) is 4.20. The molecule has 0 bridgehead atoms. The van der Waals surface area contributed by atoms with Crippen LogP contribution in [0.3, 0.4) is 0 Å². The molecule has 6 nitrogen and oxygen atoms in total. The lowest BCUT2D eigenvalue weighted by Gasteiger charge is -2.34. The summed E-state index contributed by atoms with van der Waals surface area (Å²) in [6.07, 6.45) is 4.63. The van der Waals surface area contributed by atoms with E-state index in [-0.39, 0.29) is 18.1 Å². The molecule has 1 aromatic carbocycles. The predicted octanol–water partition coefficient (Wildman–Crippen LogP) is 2.83. The number of carbonyl (C=O) groups excluding carboxylic acids is 1. The average Bonchev–Trinajstić information content (AvgIpc) is 3.47. The molecule has 28 heavy (non-hydrogen) atoms. The molecule has 0 aromatic heterocycles. The smallest absolute Gasteiger partial charge is 0.253 e. The third-order valence-electron chi connectivity index (χ3n) is 5.72. The number of fused-ring (bicyclic) bond motifs is 1. The van der Waals surface area contributed by atoms with Crippen molar-refractivity contribution in [2.45, 2.75) is 50.3 Å². The number of ether oxygens (including phenoxy) is 3. The Morgan fingerprint density at radius 2 is 2.18 bits per heavy atom. The SMILES string of the molecule is COCCCOc1cc2c(cc1Br)CC[C@H]2N(C(=O)[C@H]1CNCCO1)C1CC1. The Kier molecular flexibility index (Phi) is 6.55. The molecule has 1 saturated carbocycles. The number of amides is 1. The van der Waals surface area contributed by atoms with Crippen molar-refractivity contribution in [3.63, 3.8) is 0 Å². The number of hydrogen-bond donors (Lipinski definition) is 1. The van der Waals surface area contributed by atoms with E-state index in [4.69, 9.17) is 14.2 Å². The van der Waals surface area contributed by atoms with Gasteiger partial charge in [0.25, 0.3) is 5.91 Å². The van der Waals surface area contributed by atoms with Gasteiger partial charge in [-0.1, -0.05) is 0 Å². The van der Waals surface area contributed by atoms with Crippen LogP contribution in [0.4, 0.5) is 0 Å². The van der Waals surface area contributed by atoms with Gasteiger partial charge in [0.05, 0.1) is 23.7 Å². The maximum atomic E-state index is 13.3. The first kappa shape index (κ1) is 20.1. The molecule has 2 aliphatic carbocycles. The van der Waals surface area contributed by atoms with Crippen LogP contribution < -0.4 is 10.1 Å². The van der Waals surface area contributed by atoms with E-state index in [0.29, 0.717) is 32.4 Å². The number of nitrogens with one attached hydrogen (secondary N) is 1. The molecule has 1 heterocycles. The number of hydrogen-bond acceptors (Lipinski definition) is 5. The molecule has 7 heteroatoms. The van der Waals surface area contributed by atoms with E-state index in [1.54, 1.807) is 7.11 Å². The van der Waals surface area contributed by atoms with Gasteiger partial charge in [-0.2, -0.15) is 0 Å². The number of carbonyl (C=O) groups is 1. The number of benzene rings is 1. The second-order valence-corrected chi connectivity index (χ2v) is 8.63. The van der Waals surface area contributed by atoms with Crippen molar-refractivity contribution in [1.82, 2.24) is 10.2 Å². The summed E-state index contributed by atoms with van der Waals surface area (Å²) < 4.78 is 17.8. The molecule has 1 aliphatic heterocycles. The van der Waals surface area contributed by atoms with Crippen LogP contribution in [-0.4, -0.2) is 63.0 Å². The monoisotopic (exact) mass is 452 g/mol. The van der Waals surface area contributed by atoms with Crippen molar-refractivity contribution in [1.29, 1.82) is 0 Å². The summed E-state index contributed by atoms with van der Waals surface area (Å²) in [5, 5.41) is 3.28. The Hall–Kier alpha value is -1.15. The number of morpholine rings is 1. The standard InChI is InChI=1S/C21H29BrN2O4/c1-26-8-2-9-27-19-12-16-14(11-17(19)22)3-6-18(16)24(15-4-5-15)21(25)20-13-23-7-10-28-20/h11-12,15,18,20,23H,2-10,13H2,1H3/t18-,20-/m1/s1. The molecule has 2 fully saturated rings. The van der Waals surface area contributed by atoms with Crippen molar-refractivity contribution in [3.8, 4) is 5.75 Å². The van der Waals surface area contributed by atoms with Crippen LogP contribution in [0.25, 0.3) is 0 Å². The highest BCUT2D eigenvalue weighted by atomic mass is 79.9. The maximum absolute atomic E-state index is 13.3. The van der Waals surface area contributed by atoms with Crippen LogP contribution >= 0.6 is 15.9 Å². The van der Waals surface area contributed by atoms with E-state index in [0.717, 1.165) is 48.9 Å². The molecule has 2 atom stereocenters. The number of halogens is 1. The topological polar surface area (TPSA) is 60.0 Å². The minimum absolute atomic E-state index is 0.120. The Balaban J connectivity index is 1.53. The lowest BCUT2D eigenvalue weighted by atomic mass is 10.0. The van der Waals surface area contributed by atoms with Crippen molar-refractivity contribution < 1.29 is 19.0 Å². The Bertz CT molecular complexity index is 704. The van der Waals surface area contributed by atoms with Crippen LogP contribution in [0.5, 0.6) is 5.75 Å².